The Balaban J connectivity index is 1.59. The van der Waals surface area contributed by atoms with Crippen LogP contribution in [-0.2, 0) is 19.4 Å². The molecule has 1 aromatic heterocycles. The number of rotatable bonds is 3. The summed E-state index contributed by atoms with van der Waals surface area (Å²) >= 11 is 0. The predicted octanol–water partition coefficient (Wildman–Crippen LogP) is 3.63. The number of likely N-dealkylation sites (tertiary alicyclic amines) is 1. The van der Waals surface area contributed by atoms with E-state index in [1.165, 1.54) is 34.1 Å². The number of aromatic nitrogens is 1. The topological polar surface area (TPSA) is 56.6 Å². The summed E-state index contributed by atoms with van der Waals surface area (Å²) in [6.07, 6.45) is 2.87. The predicted molar refractivity (Wildman–Crippen MR) is 116 cm³/mol. The van der Waals surface area contributed by atoms with Gasteiger partial charge in [-0.05, 0) is 73.6 Å². The molecule has 0 saturated carbocycles. The Hall–Kier alpha value is -2.27. The monoisotopic (exact) mass is 388 g/mol. The molecule has 2 aliphatic rings. The van der Waals surface area contributed by atoms with Gasteiger partial charge in [-0.15, -0.1) is 0 Å². The van der Waals surface area contributed by atoms with Crippen molar-refractivity contribution in [2.75, 3.05) is 13.1 Å². The first-order valence-corrected chi connectivity index (χ1v) is 10.7. The quantitative estimate of drug-likeness (QED) is 0.719. The van der Waals surface area contributed by atoms with E-state index in [9.17, 15) is 10.2 Å². The molecule has 2 N–H and O–H groups in total. The van der Waals surface area contributed by atoms with Crippen LogP contribution in [0.15, 0.2) is 42.5 Å². The zero-order valence-corrected chi connectivity index (χ0v) is 16.9. The normalized spacial score (nSPS) is 22.2. The van der Waals surface area contributed by atoms with Gasteiger partial charge in [-0.25, -0.2) is 4.98 Å². The van der Waals surface area contributed by atoms with Crippen molar-refractivity contribution in [2.45, 2.75) is 51.4 Å². The summed E-state index contributed by atoms with van der Waals surface area (Å²) in [5, 5.41) is 21.2. The first-order chi connectivity index (χ1) is 14.1. The summed E-state index contributed by atoms with van der Waals surface area (Å²) in [4.78, 5) is 7.35. The zero-order chi connectivity index (χ0) is 20.0. The van der Waals surface area contributed by atoms with Crippen molar-refractivity contribution in [3.63, 3.8) is 0 Å². The third-order valence-corrected chi connectivity index (χ3v) is 6.42. The molecule has 1 fully saturated rings. The van der Waals surface area contributed by atoms with Gasteiger partial charge in [0.25, 0.3) is 0 Å². The molecular weight excluding hydrogens is 360 g/mol. The Bertz CT molecular complexity index is 1060. The molecule has 3 aromatic rings. The highest BCUT2D eigenvalue weighted by atomic mass is 16.3. The smallest absolute Gasteiger partial charge is 0.0926 e. The van der Waals surface area contributed by atoms with Gasteiger partial charge in [-0.3, -0.25) is 4.90 Å². The van der Waals surface area contributed by atoms with E-state index in [0.29, 0.717) is 13.0 Å². The fourth-order valence-corrected chi connectivity index (χ4v) is 4.82. The number of aliphatic hydroxyl groups excluding tert-OH is 2. The Kier molecular flexibility index (Phi) is 4.86. The lowest BCUT2D eigenvalue weighted by Crippen LogP contribution is -2.46. The van der Waals surface area contributed by atoms with Gasteiger partial charge >= 0.3 is 0 Å². The largest absolute Gasteiger partial charge is 0.390 e. The molecule has 5 rings (SSSR count). The average Bonchev–Trinajstić information content (AvgIpc) is 3.16. The van der Waals surface area contributed by atoms with Gasteiger partial charge in [0.1, 0.15) is 0 Å². The molecule has 1 saturated heterocycles. The van der Waals surface area contributed by atoms with Gasteiger partial charge < -0.3 is 10.2 Å². The Labute approximate surface area is 171 Å². The lowest BCUT2D eigenvalue weighted by Gasteiger charge is -2.33. The second kappa shape index (κ2) is 7.52. The number of hydrogen-bond acceptors (Lipinski definition) is 4. The molecule has 2 atom stereocenters. The van der Waals surface area contributed by atoms with Crippen LogP contribution in [0.4, 0.5) is 0 Å². The van der Waals surface area contributed by atoms with Crippen molar-refractivity contribution in [1.29, 1.82) is 0 Å². The molecule has 2 aromatic carbocycles. The van der Waals surface area contributed by atoms with Gasteiger partial charge in [-0.1, -0.05) is 23.8 Å². The van der Waals surface area contributed by atoms with Crippen LogP contribution >= 0.6 is 0 Å². The van der Waals surface area contributed by atoms with Crippen molar-refractivity contribution in [2.24, 2.45) is 0 Å². The number of aliphatic hydroxyl groups is 2. The summed E-state index contributed by atoms with van der Waals surface area (Å²) in [7, 11) is 0. The lowest BCUT2D eigenvalue weighted by molar-refractivity contribution is -0.0403. The maximum atomic E-state index is 10.1. The van der Waals surface area contributed by atoms with Crippen LogP contribution in [0.2, 0.25) is 0 Å². The molecule has 2 heterocycles. The number of nitrogens with zero attached hydrogens (tertiary/aromatic N) is 2. The highest BCUT2D eigenvalue weighted by Gasteiger charge is 2.26. The summed E-state index contributed by atoms with van der Waals surface area (Å²) in [5.74, 6) is 0. The molecule has 1 aliphatic heterocycles. The minimum absolute atomic E-state index is 0.497. The van der Waals surface area contributed by atoms with Crippen LogP contribution in [0.3, 0.4) is 0 Å². The van der Waals surface area contributed by atoms with Gasteiger partial charge in [0.2, 0.25) is 0 Å². The highest BCUT2D eigenvalue weighted by molar-refractivity contribution is 5.85. The van der Waals surface area contributed by atoms with Crippen LogP contribution in [0.1, 0.15) is 35.1 Å². The van der Waals surface area contributed by atoms with Crippen LogP contribution in [0.5, 0.6) is 0 Å². The Morgan fingerprint density at radius 3 is 2.66 bits per heavy atom. The summed E-state index contributed by atoms with van der Waals surface area (Å²) in [6, 6.07) is 15.4. The van der Waals surface area contributed by atoms with Gasteiger partial charge in [0, 0.05) is 30.6 Å². The number of pyridine rings is 1. The van der Waals surface area contributed by atoms with E-state index in [-0.39, 0.29) is 0 Å². The van der Waals surface area contributed by atoms with Crippen LogP contribution < -0.4 is 0 Å². The Morgan fingerprint density at radius 1 is 1.03 bits per heavy atom. The minimum atomic E-state index is -0.678. The lowest BCUT2D eigenvalue weighted by atomic mass is 9.98. The number of aryl methyl sites for hydroxylation is 3. The minimum Gasteiger partial charge on any atom is -0.390 e. The van der Waals surface area contributed by atoms with Gasteiger partial charge in [-0.2, -0.15) is 0 Å². The number of hydrogen-bond donors (Lipinski definition) is 2. The van der Waals surface area contributed by atoms with Crippen molar-refractivity contribution < 1.29 is 10.2 Å². The molecule has 4 nitrogen and oxygen atoms in total. The van der Waals surface area contributed by atoms with Crippen molar-refractivity contribution in [1.82, 2.24) is 9.88 Å². The number of β-amino-alcohol motifs (C(OH)–C–C–N with tert-alkyl or cyclic N) is 1. The summed E-state index contributed by atoms with van der Waals surface area (Å²) in [6.45, 7) is 4.12. The highest BCUT2D eigenvalue weighted by Crippen LogP contribution is 2.32. The van der Waals surface area contributed by atoms with Gasteiger partial charge in [0.05, 0.1) is 23.4 Å². The van der Waals surface area contributed by atoms with E-state index >= 15 is 0 Å². The van der Waals surface area contributed by atoms with E-state index in [4.69, 9.17) is 4.98 Å². The van der Waals surface area contributed by atoms with Crippen molar-refractivity contribution >= 4 is 10.9 Å². The second-order valence-electron chi connectivity index (χ2n) is 8.69. The number of benzene rings is 2. The first-order valence-electron chi connectivity index (χ1n) is 10.7. The van der Waals surface area contributed by atoms with E-state index in [1.807, 2.05) is 0 Å². The summed E-state index contributed by atoms with van der Waals surface area (Å²) in [5.41, 5.74) is 8.55. The molecule has 0 bridgehead atoms. The third kappa shape index (κ3) is 3.68. The van der Waals surface area contributed by atoms with E-state index < -0.39 is 12.2 Å². The maximum absolute atomic E-state index is 10.1. The molecule has 0 radical (unpaired) electrons. The van der Waals surface area contributed by atoms with E-state index in [0.717, 1.165) is 42.7 Å². The SMILES string of the molecule is Cc1cccc(-c2nc3cc4c(cc3cc2CN2CC[C@H](O)[C@@H](O)C2)CCC4)c1. The average molecular weight is 389 g/mol. The molecule has 4 heteroatoms. The molecule has 29 heavy (non-hydrogen) atoms. The maximum Gasteiger partial charge on any atom is 0.0926 e. The second-order valence-corrected chi connectivity index (χ2v) is 8.69. The van der Waals surface area contributed by atoms with Crippen molar-refractivity contribution in [3.8, 4) is 11.3 Å². The first kappa shape index (κ1) is 18.7. The van der Waals surface area contributed by atoms with E-state index in [1.54, 1.807) is 0 Å². The van der Waals surface area contributed by atoms with Crippen LogP contribution in [0, 0.1) is 6.92 Å². The molecule has 0 spiro atoms. The standard InChI is InChI=1S/C25H28N2O2/c1-16-4-2-7-19(10-16)25-21(14-27-9-8-23(28)24(29)15-27)12-20-11-17-5-3-6-18(17)13-22(20)26-25/h2,4,7,10-13,23-24,28-29H,3,5-6,8-9,14-15H2,1H3/t23-,24-/m0/s1. The number of piperidine rings is 1. The van der Waals surface area contributed by atoms with E-state index in [2.05, 4.69) is 54.3 Å². The fourth-order valence-electron chi connectivity index (χ4n) is 4.82. The molecule has 1 aliphatic carbocycles. The van der Waals surface area contributed by atoms with Crippen LogP contribution in [-0.4, -0.2) is 45.4 Å². The molecule has 0 unspecified atom stereocenters. The van der Waals surface area contributed by atoms with Crippen molar-refractivity contribution in [3.05, 3.63) is 64.7 Å². The summed E-state index contributed by atoms with van der Waals surface area (Å²) < 4.78 is 0. The van der Waals surface area contributed by atoms with Gasteiger partial charge in [0.15, 0.2) is 0 Å². The zero-order valence-electron chi connectivity index (χ0n) is 16.9. The van der Waals surface area contributed by atoms with Crippen LogP contribution in [0.25, 0.3) is 22.2 Å². The third-order valence-electron chi connectivity index (χ3n) is 6.42. The number of fused-ring (bicyclic) bond motifs is 2. The fraction of sp³-hybridized carbons (Fsp3) is 0.400. The Morgan fingerprint density at radius 2 is 1.86 bits per heavy atom. The molecule has 150 valence electrons. The molecular formula is C25H28N2O2. The molecule has 0 amide bonds.